The van der Waals surface area contributed by atoms with Crippen LogP contribution in [-0.2, 0) is 13.0 Å². The van der Waals surface area contributed by atoms with Gasteiger partial charge in [0.1, 0.15) is 0 Å². The van der Waals surface area contributed by atoms with Crippen LogP contribution >= 0.6 is 0 Å². The lowest BCUT2D eigenvalue weighted by Gasteiger charge is -2.19. The molecule has 2 nitrogen and oxygen atoms in total. The average molecular weight is 238 g/mol. The minimum absolute atomic E-state index is 0.0382. The zero-order valence-corrected chi connectivity index (χ0v) is 11.0. The molecule has 1 atom stereocenters. The van der Waals surface area contributed by atoms with E-state index >= 15 is 0 Å². The average Bonchev–Trinajstić information content (AvgIpc) is 2.70. The van der Waals surface area contributed by atoms with Crippen molar-refractivity contribution in [1.29, 1.82) is 5.26 Å². The number of aromatic nitrogens is 1. The van der Waals surface area contributed by atoms with E-state index in [0.717, 1.165) is 19.4 Å². The van der Waals surface area contributed by atoms with Gasteiger partial charge in [-0.1, -0.05) is 13.0 Å². The fraction of sp³-hybridized carbons (Fsp3) is 0.438. The summed E-state index contributed by atoms with van der Waals surface area (Å²) in [4.78, 5) is 0. The van der Waals surface area contributed by atoms with Crippen LogP contribution in [0.5, 0.6) is 0 Å². The van der Waals surface area contributed by atoms with Crippen LogP contribution in [0, 0.1) is 18.3 Å². The van der Waals surface area contributed by atoms with Gasteiger partial charge < -0.3 is 4.57 Å². The largest absolute Gasteiger partial charge is 0.345 e. The maximum atomic E-state index is 9.23. The molecule has 1 aromatic heterocycles. The summed E-state index contributed by atoms with van der Waals surface area (Å²) in [6.07, 6.45) is 3.25. The molecule has 1 unspecified atom stereocenters. The molecule has 2 aromatic rings. The normalized spacial score (nSPS) is 15.6. The van der Waals surface area contributed by atoms with Gasteiger partial charge in [-0.05, 0) is 49.4 Å². The lowest BCUT2D eigenvalue weighted by Crippen LogP contribution is -2.09. The first kappa shape index (κ1) is 11.3. The van der Waals surface area contributed by atoms with Crippen molar-refractivity contribution in [3.8, 4) is 6.07 Å². The first-order valence-corrected chi connectivity index (χ1v) is 6.77. The molecule has 0 radical (unpaired) electrons. The minimum atomic E-state index is 0.0382. The van der Waals surface area contributed by atoms with Gasteiger partial charge in [0, 0.05) is 17.6 Å². The molecule has 2 heterocycles. The van der Waals surface area contributed by atoms with Crippen molar-refractivity contribution in [2.45, 2.75) is 45.6 Å². The second kappa shape index (κ2) is 4.17. The highest BCUT2D eigenvalue weighted by Crippen LogP contribution is 2.32. The molecule has 0 aliphatic carbocycles. The number of rotatable bonds is 2. The first-order chi connectivity index (χ1) is 8.74. The van der Waals surface area contributed by atoms with Crippen molar-refractivity contribution in [3.63, 3.8) is 0 Å². The van der Waals surface area contributed by atoms with Crippen molar-refractivity contribution in [1.82, 2.24) is 4.57 Å². The van der Waals surface area contributed by atoms with Crippen LogP contribution in [0.3, 0.4) is 0 Å². The van der Waals surface area contributed by atoms with E-state index in [-0.39, 0.29) is 5.92 Å². The first-order valence-electron chi connectivity index (χ1n) is 6.77. The molecule has 92 valence electrons. The molecule has 0 amide bonds. The summed E-state index contributed by atoms with van der Waals surface area (Å²) in [5, 5.41) is 10.5. The second-order valence-corrected chi connectivity index (χ2v) is 5.25. The van der Waals surface area contributed by atoms with Gasteiger partial charge in [-0.3, -0.25) is 0 Å². The molecule has 0 saturated heterocycles. The molecule has 1 aliphatic heterocycles. The predicted octanol–water partition coefficient (Wildman–Crippen LogP) is 3.91. The van der Waals surface area contributed by atoms with E-state index in [0.29, 0.717) is 0 Å². The monoisotopic (exact) mass is 238 g/mol. The van der Waals surface area contributed by atoms with Crippen LogP contribution in [0.25, 0.3) is 10.9 Å². The van der Waals surface area contributed by atoms with Crippen molar-refractivity contribution in [2.75, 3.05) is 0 Å². The summed E-state index contributed by atoms with van der Waals surface area (Å²) < 4.78 is 2.42. The third-order valence-electron chi connectivity index (χ3n) is 4.10. The van der Waals surface area contributed by atoms with E-state index < -0.39 is 0 Å². The van der Waals surface area contributed by atoms with Gasteiger partial charge in [0.25, 0.3) is 0 Å². The van der Waals surface area contributed by atoms with E-state index in [1.807, 2.05) is 0 Å². The van der Waals surface area contributed by atoms with Gasteiger partial charge in [-0.25, -0.2) is 0 Å². The second-order valence-electron chi connectivity index (χ2n) is 5.25. The van der Waals surface area contributed by atoms with E-state index in [9.17, 15) is 5.26 Å². The third-order valence-corrected chi connectivity index (χ3v) is 4.10. The van der Waals surface area contributed by atoms with Gasteiger partial charge in [-0.2, -0.15) is 5.26 Å². The number of hydrogen-bond acceptors (Lipinski definition) is 1. The van der Waals surface area contributed by atoms with Gasteiger partial charge in [0.2, 0.25) is 0 Å². The van der Waals surface area contributed by atoms with Crippen LogP contribution in [0.15, 0.2) is 18.2 Å². The Morgan fingerprint density at radius 1 is 1.39 bits per heavy atom. The number of nitrogens with zero attached hydrogens (tertiary/aromatic N) is 2. The molecule has 1 aromatic carbocycles. The van der Waals surface area contributed by atoms with Crippen molar-refractivity contribution in [3.05, 3.63) is 35.0 Å². The summed E-state index contributed by atoms with van der Waals surface area (Å²) in [5.74, 6) is 0.0382. The summed E-state index contributed by atoms with van der Waals surface area (Å²) in [7, 11) is 0. The molecule has 0 bridgehead atoms. The van der Waals surface area contributed by atoms with E-state index in [4.69, 9.17) is 0 Å². The topological polar surface area (TPSA) is 28.7 Å². The molecule has 0 spiro atoms. The zero-order chi connectivity index (χ0) is 12.7. The van der Waals surface area contributed by atoms with Gasteiger partial charge >= 0.3 is 0 Å². The van der Waals surface area contributed by atoms with Gasteiger partial charge in [-0.15, -0.1) is 0 Å². The molecule has 0 fully saturated rings. The summed E-state index contributed by atoms with van der Waals surface area (Å²) in [6, 6.07) is 9.15. The Balaban J connectivity index is 2.25. The van der Waals surface area contributed by atoms with Crippen molar-refractivity contribution in [2.24, 2.45) is 0 Å². The molecule has 3 rings (SSSR count). The van der Waals surface area contributed by atoms with Crippen LogP contribution in [0.4, 0.5) is 0 Å². The molecule has 18 heavy (non-hydrogen) atoms. The summed E-state index contributed by atoms with van der Waals surface area (Å²) >= 11 is 0. The van der Waals surface area contributed by atoms with Crippen LogP contribution in [0.2, 0.25) is 0 Å². The highest BCUT2D eigenvalue weighted by Gasteiger charge is 2.18. The Kier molecular flexibility index (Phi) is 2.63. The number of hydrogen-bond donors (Lipinski definition) is 0. The third kappa shape index (κ3) is 1.54. The molecule has 0 N–H and O–H groups in total. The van der Waals surface area contributed by atoms with Crippen LogP contribution < -0.4 is 0 Å². The van der Waals surface area contributed by atoms with E-state index in [1.165, 1.54) is 34.1 Å². The highest BCUT2D eigenvalue weighted by atomic mass is 15.0. The van der Waals surface area contributed by atoms with Crippen LogP contribution in [0.1, 0.15) is 42.5 Å². The Bertz CT molecular complexity index is 643. The van der Waals surface area contributed by atoms with E-state index in [1.54, 1.807) is 0 Å². The molecule has 0 saturated carbocycles. The Labute approximate surface area is 108 Å². The van der Waals surface area contributed by atoms with Crippen molar-refractivity contribution < 1.29 is 0 Å². The maximum absolute atomic E-state index is 9.23. The highest BCUT2D eigenvalue weighted by molar-refractivity contribution is 5.86. The maximum Gasteiger partial charge on any atom is 0.0710 e. The van der Waals surface area contributed by atoms with E-state index in [2.05, 4.69) is 42.7 Å². The van der Waals surface area contributed by atoms with Gasteiger partial charge in [0.15, 0.2) is 0 Å². The smallest absolute Gasteiger partial charge is 0.0710 e. The number of benzene rings is 1. The Morgan fingerprint density at radius 3 is 2.94 bits per heavy atom. The number of aryl methyl sites for hydroxylation is 3. The lowest BCUT2D eigenvalue weighted by atomic mass is 9.92. The molecule has 1 aliphatic rings. The Morgan fingerprint density at radius 2 is 2.22 bits per heavy atom. The minimum Gasteiger partial charge on any atom is -0.345 e. The molecular formula is C16H18N2. The fourth-order valence-corrected chi connectivity index (χ4v) is 3.17. The Hall–Kier alpha value is -1.75. The van der Waals surface area contributed by atoms with Crippen molar-refractivity contribution >= 4 is 10.9 Å². The fourth-order valence-electron chi connectivity index (χ4n) is 3.17. The standard InChI is InChI=1S/C16H18N2/c1-3-12(10-17)14-8-13-5-4-6-18-11(2)7-15(9-14)16(13)18/h7-9,12H,3-6H2,1-2H3. The van der Waals surface area contributed by atoms with Crippen LogP contribution in [-0.4, -0.2) is 4.57 Å². The van der Waals surface area contributed by atoms with Gasteiger partial charge in [0.05, 0.1) is 17.5 Å². The number of nitriles is 1. The molecule has 2 heteroatoms. The predicted molar refractivity (Wildman–Crippen MR) is 73.6 cm³/mol. The quantitative estimate of drug-likeness (QED) is 0.779. The SMILES string of the molecule is CCC(C#N)c1cc2c3c(c1)cc(C)n3CCC2. The summed E-state index contributed by atoms with van der Waals surface area (Å²) in [5.41, 5.74) is 5.36. The lowest BCUT2D eigenvalue weighted by molar-refractivity contribution is 0.622. The molecular weight excluding hydrogens is 220 g/mol. The zero-order valence-electron chi connectivity index (χ0n) is 11.0. The summed E-state index contributed by atoms with van der Waals surface area (Å²) in [6.45, 7) is 5.40.